The highest BCUT2D eigenvalue weighted by atomic mass is 16.5. The van der Waals surface area contributed by atoms with Crippen LogP contribution in [0.4, 0.5) is 0 Å². The van der Waals surface area contributed by atoms with E-state index in [9.17, 15) is 0 Å². The van der Waals surface area contributed by atoms with Gasteiger partial charge < -0.3 is 10.1 Å². The molecule has 2 saturated heterocycles. The molecule has 100 valence electrons. The Balaban J connectivity index is 2.06. The van der Waals surface area contributed by atoms with Crippen LogP contribution in [0.25, 0.3) is 0 Å². The van der Waals surface area contributed by atoms with E-state index in [2.05, 4.69) is 38.0 Å². The van der Waals surface area contributed by atoms with Crippen molar-refractivity contribution in [3.05, 3.63) is 0 Å². The quantitative estimate of drug-likeness (QED) is 0.797. The monoisotopic (exact) mass is 240 g/mol. The van der Waals surface area contributed by atoms with Gasteiger partial charge in [0.15, 0.2) is 0 Å². The summed E-state index contributed by atoms with van der Waals surface area (Å²) >= 11 is 0. The van der Waals surface area contributed by atoms with E-state index in [1.165, 1.54) is 25.8 Å². The van der Waals surface area contributed by atoms with Crippen LogP contribution in [-0.4, -0.2) is 49.3 Å². The van der Waals surface area contributed by atoms with Crippen molar-refractivity contribution >= 4 is 0 Å². The molecule has 0 aromatic rings. The fourth-order valence-corrected chi connectivity index (χ4v) is 3.63. The lowest BCUT2D eigenvalue weighted by Crippen LogP contribution is -2.61. The first-order chi connectivity index (χ1) is 8.08. The topological polar surface area (TPSA) is 24.5 Å². The SMILES string of the molecule is CNC1CCN(C2(C)CCOCC2)C(C)C1C. The van der Waals surface area contributed by atoms with Gasteiger partial charge in [-0.2, -0.15) is 0 Å². The van der Waals surface area contributed by atoms with Crippen LogP contribution in [0.1, 0.15) is 40.0 Å². The van der Waals surface area contributed by atoms with Crippen molar-refractivity contribution in [2.45, 2.75) is 57.7 Å². The zero-order valence-electron chi connectivity index (χ0n) is 11.8. The van der Waals surface area contributed by atoms with Gasteiger partial charge in [-0.25, -0.2) is 0 Å². The molecule has 2 rings (SSSR count). The van der Waals surface area contributed by atoms with E-state index in [0.717, 1.165) is 19.1 Å². The fraction of sp³-hybridized carbons (Fsp3) is 1.00. The average molecular weight is 240 g/mol. The third-order valence-electron chi connectivity index (χ3n) is 5.20. The minimum atomic E-state index is 0.366. The van der Waals surface area contributed by atoms with E-state index in [1.807, 2.05) is 0 Å². The second-order valence-electron chi connectivity index (χ2n) is 6.09. The molecule has 3 nitrogen and oxygen atoms in total. The molecular weight excluding hydrogens is 212 g/mol. The third kappa shape index (κ3) is 2.51. The van der Waals surface area contributed by atoms with Gasteiger partial charge in [-0.3, -0.25) is 4.90 Å². The van der Waals surface area contributed by atoms with Crippen LogP contribution < -0.4 is 5.32 Å². The first-order valence-corrected chi connectivity index (χ1v) is 7.10. The molecule has 0 amide bonds. The number of likely N-dealkylation sites (tertiary alicyclic amines) is 1. The summed E-state index contributed by atoms with van der Waals surface area (Å²) in [6.07, 6.45) is 3.65. The van der Waals surface area contributed by atoms with E-state index in [-0.39, 0.29) is 0 Å². The van der Waals surface area contributed by atoms with Gasteiger partial charge in [0.05, 0.1) is 0 Å². The highest BCUT2D eigenvalue weighted by Crippen LogP contribution is 2.35. The van der Waals surface area contributed by atoms with Crippen molar-refractivity contribution in [1.82, 2.24) is 10.2 Å². The molecule has 3 heteroatoms. The lowest BCUT2D eigenvalue weighted by atomic mass is 9.80. The minimum Gasteiger partial charge on any atom is -0.381 e. The standard InChI is InChI=1S/C14H28N2O/c1-11-12(2)16(8-5-13(11)15-4)14(3)6-9-17-10-7-14/h11-13,15H,5-10H2,1-4H3. The van der Waals surface area contributed by atoms with Crippen LogP contribution in [0.5, 0.6) is 0 Å². The third-order valence-corrected chi connectivity index (χ3v) is 5.20. The average Bonchev–Trinajstić information content (AvgIpc) is 2.33. The molecule has 0 bridgehead atoms. The predicted octanol–water partition coefficient (Wildman–Crippen LogP) is 1.87. The van der Waals surface area contributed by atoms with Crippen LogP contribution in [0.2, 0.25) is 0 Å². The maximum Gasteiger partial charge on any atom is 0.0483 e. The fourth-order valence-electron chi connectivity index (χ4n) is 3.63. The first kappa shape index (κ1) is 13.3. The summed E-state index contributed by atoms with van der Waals surface area (Å²) in [6, 6.07) is 1.36. The Hall–Kier alpha value is -0.120. The van der Waals surface area contributed by atoms with Crippen molar-refractivity contribution < 1.29 is 4.74 Å². The van der Waals surface area contributed by atoms with Gasteiger partial charge >= 0.3 is 0 Å². The van der Waals surface area contributed by atoms with Crippen molar-refractivity contribution in [2.24, 2.45) is 5.92 Å². The normalized spacial score (nSPS) is 39.2. The highest BCUT2D eigenvalue weighted by molar-refractivity contribution is 4.97. The number of hydrogen-bond donors (Lipinski definition) is 1. The molecule has 17 heavy (non-hydrogen) atoms. The number of piperidine rings is 1. The number of nitrogens with zero attached hydrogens (tertiary/aromatic N) is 1. The van der Waals surface area contributed by atoms with Crippen molar-refractivity contribution in [2.75, 3.05) is 26.8 Å². The Labute approximate surface area is 106 Å². The zero-order chi connectivity index (χ0) is 12.5. The molecule has 0 saturated carbocycles. The van der Waals surface area contributed by atoms with Crippen LogP contribution in [0.3, 0.4) is 0 Å². The van der Waals surface area contributed by atoms with Crippen LogP contribution in [0.15, 0.2) is 0 Å². The molecule has 2 heterocycles. The van der Waals surface area contributed by atoms with Crippen LogP contribution in [-0.2, 0) is 4.74 Å². The largest absolute Gasteiger partial charge is 0.381 e. The molecule has 0 aliphatic carbocycles. The molecule has 3 unspecified atom stereocenters. The summed E-state index contributed by atoms with van der Waals surface area (Å²) < 4.78 is 5.52. The molecule has 1 N–H and O–H groups in total. The van der Waals surface area contributed by atoms with Gasteiger partial charge in [0, 0.05) is 37.4 Å². The maximum absolute atomic E-state index is 5.52. The van der Waals surface area contributed by atoms with Crippen LogP contribution in [0, 0.1) is 5.92 Å². The summed E-state index contributed by atoms with van der Waals surface area (Å²) in [5, 5.41) is 3.47. The summed E-state index contributed by atoms with van der Waals surface area (Å²) in [5.41, 5.74) is 0.366. The Morgan fingerprint density at radius 1 is 1.24 bits per heavy atom. The summed E-state index contributed by atoms with van der Waals surface area (Å²) in [5.74, 6) is 0.730. The molecule has 0 aromatic carbocycles. The molecule has 0 aromatic heterocycles. The van der Waals surface area contributed by atoms with E-state index in [1.54, 1.807) is 0 Å². The van der Waals surface area contributed by atoms with E-state index >= 15 is 0 Å². The number of rotatable bonds is 2. The molecule has 2 aliphatic heterocycles. The maximum atomic E-state index is 5.52. The van der Waals surface area contributed by atoms with Crippen molar-refractivity contribution in [3.8, 4) is 0 Å². The summed E-state index contributed by atoms with van der Waals surface area (Å²) in [6.45, 7) is 10.3. The van der Waals surface area contributed by atoms with Crippen LogP contribution >= 0.6 is 0 Å². The Morgan fingerprint density at radius 3 is 2.47 bits per heavy atom. The Bertz CT molecular complexity index is 251. The number of nitrogens with one attached hydrogen (secondary N) is 1. The molecular formula is C14H28N2O. The van der Waals surface area contributed by atoms with E-state index in [4.69, 9.17) is 4.74 Å². The number of ether oxygens (including phenoxy) is 1. The second-order valence-corrected chi connectivity index (χ2v) is 6.09. The lowest BCUT2D eigenvalue weighted by molar-refractivity contribution is -0.0639. The van der Waals surface area contributed by atoms with Gasteiger partial charge in [0.1, 0.15) is 0 Å². The van der Waals surface area contributed by atoms with Gasteiger partial charge in [0.2, 0.25) is 0 Å². The van der Waals surface area contributed by atoms with Gasteiger partial charge in [-0.05, 0) is 46.1 Å². The first-order valence-electron chi connectivity index (χ1n) is 7.10. The van der Waals surface area contributed by atoms with Gasteiger partial charge in [-0.1, -0.05) is 6.92 Å². The molecule has 0 spiro atoms. The van der Waals surface area contributed by atoms with Crippen molar-refractivity contribution in [3.63, 3.8) is 0 Å². The zero-order valence-corrected chi connectivity index (χ0v) is 11.8. The number of hydrogen-bond acceptors (Lipinski definition) is 3. The predicted molar refractivity (Wildman–Crippen MR) is 71.3 cm³/mol. The smallest absolute Gasteiger partial charge is 0.0483 e. The van der Waals surface area contributed by atoms with Gasteiger partial charge in [-0.15, -0.1) is 0 Å². The second kappa shape index (κ2) is 5.25. The Morgan fingerprint density at radius 2 is 1.88 bits per heavy atom. The molecule has 3 atom stereocenters. The highest BCUT2D eigenvalue weighted by Gasteiger charge is 2.41. The molecule has 0 radical (unpaired) electrons. The Kier molecular flexibility index (Phi) is 4.11. The van der Waals surface area contributed by atoms with Crippen molar-refractivity contribution in [1.29, 1.82) is 0 Å². The minimum absolute atomic E-state index is 0.366. The van der Waals surface area contributed by atoms with E-state index < -0.39 is 0 Å². The van der Waals surface area contributed by atoms with Gasteiger partial charge in [0.25, 0.3) is 0 Å². The van der Waals surface area contributed by atoms with E-state index in [0.29, 0.717) is 17.6 Å². The molecule has 2 aliphatic rings. The summed E-state index contributed by atoms with van der Waals surface area (Å²) in [4.78, 5) is 2.74. The molecule has 2 fully saturated rings. The lowest BCUT2D eigenvalue weighted by Gasteiger charge is -2.53. The summed E-state index contributed by atoms with van der Waals surface area (Å²) in [7, 11) is 2.10.